The van der Waals surface area contributed by atoms with E-state index in [0.717, 1.165) is 36.2 Å². The molecule has 0 fully saturated rings. The molecule has 0 aliphatic carbocycles. The van der Waals surface area contributed by atoms with Crippen LogP contribution in [0.15, 0.2) is 28.6 Å². The summed E-state index contributed by atoms with van der Waals surface area (Å²) < 4.78 is 33.0. The summed E-state index contributed by atoms with van der Waals surface area (Å²) in [5.74, 6) is -0.353. The van der Waals surface area contributed by atoms with Crippen LogP contribution in [0.2, 0.25) is 0 Å². The number of unbranched alkanes of at least 4 members (excludes halogenated alkanes) is 9. The zero-order chi connectivity index (χ0) is 23.9. The fourth-order valence-electron chi connectivity index (χ4n) is 3.74. The Morgan fingerprint density at radius 1 is 0.970 bits per heavy atom. The summed E-state index contributed by atoms with van der Waals surface area (Å²) in [6.07, 6.45) is 13.4. The normalized spacial score (nSPS) is 11.5. The van der Waals surface area contributed by atoms with E-state index in [-0.39, 0.29) is 22.4 Å². The molecule has 2 aromatic rings. The van der Waals surface area contributed by atoms with E-state index in [1.807, 2.05) is 6.07 Å². The highest BCUT2D eigenvalue weighted by Crippen LogP contribution is 2.23. The molecular formula is C24H37N3O4S2. The molecule has 0 unspecified atom stereocenters. The van der Waals surface area contributed by atoms with Crippen LogP contribution < -0.4 is 4.72 Å². The first-order valence-electron chi connectivity index (χ1n) is 12.0. The predicted octanol–water partition coefficient (Wildman–Crippen LogP) is 5.91. The van der Waals surface area contributed by atoms with Crippen molar-refractivity contribution in [2.24, 2.45) is 0 Å². The van der Waals surface area contributed by atoms with Crippen LogP contribution >= 0.6 is 11.3 Å². The lowest BCUT2D eigenvalue weighted by atomic mass is 9.98. The predicted molar refractivity (Wildman–Crippen MR) is 133 cm³/mol. The zero-order valence-electron chi connectivity index (χ0n) is 19.8. The van der Waals surface area contributed by atoms with Crippen molar-refractivity contribution in [2.75, 3.05) is 11.3 Å². The molecule has 0 spiro atoms. The Bertz CT molecular complexity index is 931. The summed E-state index contributed by atoms with van der Waals surface area (Å²) in [6, 6.07) is 4.98. The minimum atomic E-state index is -3.81. The number of rotatable bonds is 17. The molecule has 0 radical (unpaired) electrons. The maximum atomic E-state index is 12.7. The molecule has 1 aromatic heterocycles. The van der Waals surface area contributed by atoms with Crippen molar-refractivity contribution in [3.05, 3.63) is 34.8 Å². The SMILES string of the molecule is CCCCCCCCCCCCc1ccc(S(=O)(=O)Nc2nncs2)cc1CC(=O)OCC. The highest BCUT2D eigenvalue weighted by molar-refractivity contribution is 7.93. The molecule has 0 atom stereocenters. The second kappa shape index (κ2) is 15.0. The number of hydrogen-bond acceptors (Lipinski definition) is 7. The van der Waals surface area contributed by atoms with Gasteiger partial charge in [0.2, 0.25) is 5.13 Å². The number of nitrogens with one attached hydrogen (secondary N) is 1. The largest absolute Gasteiger partial charge is 0.466 e. The minimum Gasteiger partial charge on any atom is -0.466 e. The number of hydrogen-bond donors (Lipinski definition) is 1. The van der Waals surface area contributed by atoms with Gasteiger partial charge in [0.25, 0.3) is 10.0 Å². The van der Waals surface area contributed by atoms with Crippen LogP contribution in [0.5, 0.6) is 0 Å². The van der Waals surface area contributed by atoms with Crippen molar-refractivity contribution < 1.29 is 17.9 Å². The third-order valence-electron chi connectivity index (χ3n) is 5.51. The Balaban J connectivity index is 1.93. The standard InChI is InChI=1S/C24H37N3O4S2/c1-3-5-6-7-8-9-10-11-12-13-14-20-15-16-22(17-21(20)18-23(28)31-4-2)33(29,30)27-24-26-25-19-32-24/h15-17,19H,3-14,18H2,1-2H3,(H,26,27). The van der Waals surface area contributed by atoms with Crippen molar-refractivity contribution in [3.8, 4) is 0 Å². The van der Waals surface area contributed by atoms with Crippen LogP contribution in [0, 0.1) is 0 Å². The number of esters is 1. The smallest absolute Gasteiger partial charge is 0.310 e. The highest BCUT2D eigenvalue weighted by atomic mass is 32.2. The van der Waals surface area contributed by atoms with E-state index in [1.165, 1.54) is 56.9 Å². The number of ether oxygens (including phenoxy) is 1. The molecule has 1 heterocycles. The van der Waals surface area contributed by atoms with Gasteiger partial charge in [-0.2, -0.15) is 0 Å². The van der Waals surface area contributed by atoms with Crippen LogP contribution in [0.25, 0.3) is 0 Å². The fourth-order valence-corrected chi connectivity index (χ4v) is 5.48. The molecule has 1 aromatic carbocycles. The Labute approximate surface area is 202 Å². The van der Waals surface area contributed by atoms with Crippen LogP contribution in [0.4, 0.5) is 5.13 Å². The molecule has 0 saturated heterocycles. The maximum Gasteiger partial charge on any atom is 0.310 e. The van der Waals surface area contributed by atoms with Gasteiger partial charge in [-0.15, -0.1) is 10.2 Å². The van der Waals surface area contributed by atoms with Gasteiger partial charge in [0, 0.05) is 0 Å². The van der Waals surface area contributed by atoms with E-state index in [9.17, 15) is 13.2 Å². The second-order valence-corrected chi connectivity index (χ2v) is 10.7. The third kappa shape index (κ3) is 10.2. The fraction of sp³-hybridized carbons (Fsp3) is 0.625. The number of sulfonamides is 1. The number of nitrogens with zero attached hydrogens (tertiary/aromatic N) is 2. The third-order valence-corrected chi connectivity index (χ3v) is 7.58. The summed E-state index contributed by atoms with van der Waals surface area (Å²) >= 11 is 1.11. The average molecular weight is 496 g/mol. The van der Waals surface area contributed by atoms with Crippen molar-refractivity contribution >= 4 is 32.5 Å². The Kier molecular flexibility index (Phi) is 12.4. The van der Waals surface area contributed by atoms with Crippen LogP contribution in [-0.4, -0.2) is 31.2 Å². The van der Waals surface area contributed by atoms with Gasteiger partial charge in [0.15, 0.2) is 0 Å². The second-order valence-electron chi connectivity index (χ2n) is 8.19. The molecule has 7 nitrogen and oxygen atoms in total. The van der Waals surface area contributed by atoms with Gasteiger partial charge in [0.05, 0.1) is 17.9 Å². The first-order chi connectivity index (χ1) is 16.0. The van der Waals surface area contributed by atoms with E-state index in [4.69, 9.17) is 4.74 Å². The van der Waals surface area contributed by atoms with E-state index >= 15 is 0 Å². The summed E-state index contributed by atoms with van der Waals surface area (Å²) in [5.41, 5.74) is 3.15. The first kappa shape index (κ1) is 27.2. The molecule has 2 rings (SSSR count). The molecule has 0 aliphatic heterocycles. The maximum absolute atomic E-state index is 12.7. The van der Waals surface area contributed by atoms with Gasteiger partial charge in [-0.3, -0.25) is 9.52 Å². The number of carbonyl (C=O) groups is 1. The van der Waals surface area contributed by atoms with E-state index in [1.54, 1.807) is 19.1 Å². The lowest BCUT2D eigenvalue weighted by Crippen LogP contribution is -2.15. The van der Waals surface area contributed by atoms with Gasteiger partial charge >= 0.3 is 5.97 Å². The Morgan fingerprint density at radius 2 is 1.64 bits per heavy atom. The summed E-state index contributed by atoms with van der Waals surface area (Å²) in [6.45, 7) is 4.29. The topological polar surface area (TPSA) is 98.3 Å². The lowest BCUT2D eigenvalue weighted by molar-refractivity contribution is -0.142. The van der Waals surface area contributed by atoms with Gasteiger partial charge in [-0.1, -0.05) is 82.1 Å². The molecule has 0 saturated carbocycles. The number of benzene rings is 1. The minimum absolute atomic E-state index is 0.0586. The monoisotopic (exact) mass is 495 g/mol. The Hall–Kier alpha value is -2.00. The van der Waals surface area contributed by atoms with Crippen molar-refractivity contribution in [1.82, 2.24) is 10.2 Å². The van der Waals surface area contributed by atoms with Crippen molar-refractivity contribution in [2.45, 2.75) is 95.8 Å². The molecular weight excluding hydrogens is 458 g/mol. The zero-order valence-corrected chi connectivity index (χ0v) is 21.5. The van der Waals surface area contributed by atoms with E-state index in [2.05, 4.69) is 21.8 Å². The first-order valence-corrected chi connectivity index (χ1v) is 14.4. The Morgan fingerprint density at radius 3 is 2.24 bits per heavy atom. The molecule has 33 heavy (non-hydrogen) atoms. The van der Waals surface area contributed by atoms with Crippen molar-refractivity contribution in [3.63, 3.8) is 0 Å². The van der Waals surface area contributed by atoms with Gasteiger partial charge in [-0.05, 0) is 43.0 Å². The number of anilines is 1. The number of aromatic nitrogens is 2. The number of carbonyl (C=O) groups excluding carboxylic acids is 1. The van der Waals surface area contributed by atoms with Gasteiger partial charge < -0.3 is 4.74 Å². The molecule has 0 amide bonds. The molecule has 0 aliphatic rings. The molecule has 1 N–H and O–H groups in total. The van der Waals surface area contributed by atoms with E-state index < -0.39 is 10.0 Å². The number of aryl methyl sites for hydroxylation is 1. The van der Waals surface area contributed by atoms with Crippen LogP contribution in [0.1, 0.15) is 89.2 Å². The average Bonchev–Trinajstić information content (AvgIpc) is 3.28. The van der Waals surface area contributed by atoms with Crippen LogP contribution in [0.3, 0.4) is 0 Å². The van der Waals surface area contributed by atoms with Gasteiger partial charge in [0.1, 0.15) is 5.51 Å². The molecule has 9 heteroatoms. The van der Waals surface area contributed by atoms with Crippen LogP contribution in [-0.2, 0) is 32.4 Å². The quantitative estimate of drug-likeness (QED) is 0.216. The van der Waals surface area contributed by atoms with Crippen molar-refractivity contribution in [1.29, 1.82) is 0 Å². The van der Waals surface area contributed by atoms with E-state index in [0.29, 0.717) is 12.2 Å². The highest BCUT2D eigenvalue weighted by Gasteiger charge is 2.19. The molecule has 184 valence electrons. The lowest BCUT2D eigenvalue weighted by Gasteiger charge is -2.12. The molecule has 0 bridgehead atoms. The summed E-state index contributed by atoms with van der Waals surface area (Å²) in [7, 11) is -3.81. The summed E-state index contributed by atoms with van der Waals surface area (Å²) in [4.78, 5) is 12.2. The van der Waals surface area contributed by atoms with Gasteiger partial charge in [-0.25, -0.2) is 8.42 Å². The summed E-state index contributed by atoms with van der Waals surface area (Å²) in [5, 5.41) is 7.59.